The van der Waals surface area contributed by atoms with E-state index in [1.807, 2.05) is 31.3 Å². The third-order valence-corrected chi connectivity index (χ3v) is 3.82. The third-order valence-electron chi connectivity index (χ3n) is 2.80. The minimum Gasteiger partial charge on any atom is -0.484 e. The molecule has 0 amide bonds. The fraction of sp³-hybridized carbons (Fsp3) is 0.375. The predicted octanol–water partition coefficient (Wildman–Crippen LogP) is 4.32. The van der Waals surface area contributed by atoms with E-state index >= 15 is 0 Å². The third kappa shape index (κ3) is 4.78. The SMILES string of the molecule is CC(Oc1ccc2ncc(I)cc2c1)C(=S)NC(C)(C)C. The fourth-order valence-corrected chi connectivity index (χ4v) is 2.71. The van der Waals surface area contributed by atoms with Crippen LogP contribution in [0, 0.1) is 3.57 Å². The summed E-state index contributed by atoms with van der Waals surface area (Å²) in [6.45, 7) is 8.19. The first-order valence-corrected chi connectivity index (χ1v) is 8.27. The maximum Gasteiger partial charge on any atom is 0.146 e. The molecule has 1 unspecified atom stereocenters. The number of fused-ring (bicyclic) bond motifs is 1. The molecule has 0 saturated heterocycles. The molecule has 21 heavy (non-hydrogen) atoms. The van der Waals surface area contributed by atoms with Crippen LogP contribution < -0.4 is 10.1 Å². The zero-order valence-electron chi connectivity index (χ0n) is 12.6. The summed E-state index contributed by atoms with van der Waals surface area (Å²) in [5.74, 6) is 0.803. The summed E-state index contributed by atoms with van der Waals surface area (Å²) in [7, 11) is 0. The maximum absolute atomic E-state index is 5.94. The van der Waals surface area contributed by atoms with Gasteiger partial charge in [-0.2, -0.15) is 0 Å². The summed E-state index contributed by atoms with van der Waals surface area (Å²) in [5, 5.41) is 4.35. The van der Waals surface area contributed by atoms with Gasteiger partial charge in [0.2, 0.25) is 0 Å². The van der Waals surface area contributed by atoms with Gasteiger partial charge in [-0.3, -0.25) is 4.98 Å². The molecule has 0 spiro atoms. The van der Waals surface area contributed by atoms with Crippen molar-refractivity contribution in [1.82, 2.24) is 10.3 Å². The molecule has 2 aromatic rings. The summed E-state index contributed by atoms with van der Waals surface area (Å²) < 4.78 is 7.04. The van der Waals surface area contributed by atoms with E-state index in [0.717, 1.165) is 20.2 Å². The highest BCUT2D eigenvalue weighted by atomic mass is 127. The zero-order valence-corrected chi connectivity index (χ0v) is 15.6. The van der Waals surface area contributed by atoms with Crippen LogP contribution in [0.3, 0.4) is 0 Å². The van der Waals surface area contributed by atoms with Gasteiger partial charge >= 0.3 is 0 Å². The van der Waals surface area contributed by atoms with Crippen LogP contribution in [-0.4, -0.2) is 21.6 Å². The van der Waals surface area contributed by atoms with Crippen molar-refractivity contribution < 1.29 is 4.74 Å². The zero-order chi connectivity index (χ0) is 15.6. The van der Waals surface area contributed by atoms with Gasteiger partial charge in [0.25, 0.3) is 0 Å². The van der Waals surface area contributed by atoms with Gasteiger partial charge in [-0.1, -0.05) is 12.2 Å². The van der Waals surface area contributed by atoms with Gasteiger partial charge in [0.1, 0.15) is 16.8 Å². The minimum absolute atomic E-state index is 0.0574. The lowest BCUT2D eigenvalue weighted by molar-refractivity contribution is 0.281. The van der Waals surface area contributed by atoms with Gasteiger partial charge in [0.05, 0.1) is 5.52 Å². The Labute approximate surface area is 144 Å². The summed E-state index contributed by atoms with van der Waals surface area (Å²) in [6.07, 6.45) is 1.68. The Balaban J connectivity index is 2.14. The van der Waals surface area contributed by atoms with Gasteiger partial charge in [0.15, 0.2) is 0 Å². The molecule has 1 heterocycles. The van der Waals surface area contributed by atoms with Gasteiger partial charge in [-0.05, 0) is 74.6 Å². The van der Waals surface area contributed by atoms with Crippen molar-refractivity contribution in [2.24, 2.45) is 0 Å². The maximum atomic E-state index is 5.94. The number of pyridine rings is 1. The number of thiocarbonyl (C=S) groups is 1. The Hall–Kier alpha value is -0.950. The Morgan fingerprint density at radius 3 is 2.71 bits per heavy atom. The highest BCUT2D eigenvalue weighted by molar-refractivity contribution is 14.1. The molecule has 5 heteroatoms. The lowest BCUT2D eigenvalue weighted by Gasteiger charge is -2.26. The molecule has 2 rings (SSSR count). The molecule has 0 radical (unpaired) electrons. The average molecular weight is 414 g/mol. The van der Waals surface area contributed by atoms with Crippen LogP contribution in [0.25, 0.3) is 10.9 Å². The Bertz CT molecular complexity index is 667. The molecule has 1 aromatic heterocycles. The van der Waals surface area contributed by atoms with Crippen LogP contribution in [0.4, 0.5) is 0 Å². The van der Waals surface area contributed by atoms with E-state index in [2.05, 4.69) is 59.7 Å². The normalized spacial score (nSPS) is 13.0. The first-order valence-electron chi connectivity index (χ1n) is 6.78. The number of rotatable bonds is 3. The number of benzene rings is 1. The highest BCUT2D eigenvalue weighted by Crippen LogP contribution is 2.22. The Morgan fingerprint density at radius 2 is 2.05 bits per heavy atom. The molecular weight excluding hydrogens is 395 g/mol. The van der Waals surface area contributed by atoms with Crippen molar-refractivity contribution >= 4 is 50.7 Å². The largest absolute Gasteiger partial charge is 0.484 e. The summed E-state index contributed by atoms with van der Waals surface area (Å²) in [6, 6.07) is 7.99. The van der Waals surface area contributed by atoms with E-state index in [4.69, 9.17) is 17.0 Å². The molecule has 0 fully saturated rings. The van der Waals surface area contributed by atoms with Gasteiger partial charge in [-0.15, -0.1) is 0 Å². The monoisotopic (exact) mass is 414 g/mol. The number of aromatic nitrogens is 1. The Morgan fingerprint density at radius 1 is 1.33 bits per heavy atom. The van der Waals surface area contributed by atoms with Crippen molar-refractivity contribution in [3.8, 4) is 5.75 Å². The molecule has 0 bridgehead atoms. The van der Waals surface area contributed by atoms with Gasteiger partial charge < -0.3 is 10.1 Å². The van der Waals surface area contributed by atoms with E-state index < -0.39 is 0 Å². The molecule has 112 valence electrons. The molecule has 0 aliphatic carbocycles. The molecule has 1 N–H and O–H groups in total. The van der Waals surface area contributed by atoms with Crippen LogP contribution in [0.5, 0.6) is 5.75 Å². The van der Waals surface area contributed by atoms with Crippen molar-refractivity contribution in [1.29, 1.82) is 0 Å². The van der Waals surface area contributed by atoms with Crippen LogP contribution in [-0.2, 0) is 0 Å². The molecule has 0 aliphatic heterocycles. The fourth-order valence-electron chi connectivity index (χ4n) is 1.88. The lowest BCUT2D eigenvalue weighted by atomic mass is 10.1. The topological polar surface area (TPSA) is 34.1 Å². The molecule has 0 aliphatic rings. The van der Waals surface area contributed by atoms with Gasteiger partial charge in [-0.25, -0.2) is 0 Å². The second-order valence-electron chi connectivity index (χ2n) is 6.01. The number of hydrogen-bond acceptors (Lipinski definition) is 3. The van der Waals surface area contributed by atoms with Crippen molar-refractivity contribution in [3.05, 3.63) is 34.0 Å². The quantitative estimate of drug-likeness (QED) is 0.599. The standard InChI is InChI=1S/C16H19IN2OS/c1-10(15(21)19-16(2,3)4)20-13-5-6-14-11(8-13)7-12(17)9-18-14/h5-10H,1-4H3,(H,19,21). The van der Waals surface area contributed by atoms with E-state index in [-0.39, 0.29) is 11.6 Å². The molecule has 0 saturated carbocycles. The average Bonchev–Trinajstić information content (AvgIpc) is 2.36. The molecule has 3 nitrogen and oxygen atoms in total. The molecule has 1 atom stereocenters. The summed E-state index contributed by atoms with van der Waals surface area (Å²) in [4.78, 5) is 5.09. The van der Waals surface area contributed by atoms with E-state index in [1.54, 1.807) is 0 Å². The number of halogens is 1. The van der Waals surface area contributed by atoms with Gasteiger partial charge in [0, 0.05) is 20.7 Å². The predicted molar refractivity (Wildman–Crippen MR) is 100 cm³/mol. The highest BCUT2D eigenvalue weighted by Gasteiger charge is 2.17. The second-order valence-corrected chi connectivity index (χ2v) is 7.69. The molecular formula is C16H19IN2OS. The summed E-state index contributed by atoms with van der Waals surface area (Å²) >= 11 is 7.65. The number of hydrogen-bond donors (Lipinski definition) is 1. The van der Waals surface area contributed by atoms with Crippen molar-refractivity contribution in [3.63, 3.8) is 0 Å². The van der Waals surface area contributed by atoms with Crippen molar-refractivity contribution in [2.45, 2.75) is 39.3 Å². The number of ether oxygens (including phenoxy) is 1. The first-order chi connectivity index (χ1) is 9.74. The van der Waals surface area contributed by atoms with Crippen molar-refractivity contribution in [2.75, 3.05) is 0 Å². The lowest BCUT2D eigenvalue weighted by Crippen LogP contribution is -2.45. The molecule has 1 aromatic carbocycles. The smallest absolute Gasteiger partial charge is 0.146 e. The first kappa shape index (κ1) is 16.4. The minimum atomic E-state index is -0.174. The number of nitrogens with one attached hydrogen (secondary N) is 1. The van der Waals surface area contributed by atoms with E-state index in [9.17, 15) is 0 Å². The van der Waals surface area contributed by atoms with E-state index in [0.29, 0.717) is 4.99 Å². The van der Waals surface area contributed by atoms with Crippen LogP contribution >= 0.6 is 34.8 Å². The Kier molecular flexibility index (Phi) is 5.03. The second kappa shape index (κ2) is 6.44. The van der Waals surface area contributed by atoms with Crippen LogP contribution in [0.1, 0.15) is 27.7 Å². The van der Waals surface area contributed by atoms with Crippen LogP contribution in [0.2, 0.25) is 0 Å². The van der Waals surface area contributed by atoms with Crippen LogP contribution in [0.15, 0.2) is 30.5 Å². The number of nitrogens with zero attached hydrogens (tertiary/aromatic N) is 1. The summed E-state index contributed by atoms with van der Waals surface area (Å²) in [5.41, 5.74) is 0.906. The van der Waals surface area contributed by atoms with E-state index in [1.165, 1.54) is 0 Å².